The van der Waals surface area contributed by atoms with Gasteiger partial charge in [-0.2, -0.15) is 0 Å². The molecule has 0 atom stereocenters. The largest absolute Gasteiger partial charge is 0.487 e. The summed E-state index contributed by atoms with van der Waals surface area (Å²) in [6, 6.07) is 7.57. The molecule has 4 N–H and O–H groups in total. The SMILES string of the molecule is NNc1snnc1COc1ccc(CCO)cc1. The highest BCUT2D eigenvalue weighted by Gasteiger charge is 2.07. The van der Waals surface area contributed by atoms with Crippen LogP contribution in [0.15, 0.2) is 24.3 Å². The van der Waals surface area contributed by atoms with Crippen LogP contribution in [-0.4, -0.2) is 21.3 Å². The number of rotatable bonds is 6. The van der Waals surface area contributed by atoms with E-state index in [1.165, 1.54) is 11.5 Å². The number of aliphatic hydroxyl groups excluding tert-OH is 1. The normalized spacial score (nSPS) is 10.3. The molecule has 0 aliphatic rings. The first kappa shape index (κ1) is 12.7. The molecule has 0 aliphatic carbocycles. The molecule has 0 fully saturated rings. The highest BCUT2D eigenvalue weighted by atomic mass is 32.1. The first-order chi connectivity index (χ1) is 8.83. The molecule has 96 valence electrons. The Hall–Kier alpha value is -1.70. The Bertz CT molecular complexity index is 486. The second kappa shape index (κ2) is 6.29. The number of hydrazine groups is 1. The summed E-state index contributed by atoms with van der Waals surface area (Å²) in [5.74, 6) is 6.06. The third-order valence-electron chi connectivity index (χ3n) is 2.39. The van der Waals surface area contributed by atoms with Gasteiger partial charge in [0.1, 0.15) is 18.1 Å². The molecule has 18 heavy (non-hydrogen) atoms. The van der Waals surface area contributed by atoms with Crippen molar-refractivity contribution in [3.8, 4) is 5.75 Å². The summed E-state index contributed by atoms with van der Waals surface area (Å²) in [5, 5.41) is 13.4. The molecule has 1 aromatic heterocycles. The molecule has 1 aromatic carbocycles. The molecule has 0 bridgehead atoms. The third kappa shape index (κ3) is 3.16. The molecular formula is C11H14N4O2S. The smallest absolute Gasteiger partial charge is 0.150 e. The third-order valence-corrected chi connectivity index (χ3v) is 3.09. The number of aromatic nitrogens is 2. The summed E-state index contributed by atoms with van der Waals surface area (Å²) in [5.41, 5.74) is 4.28. The summed E-state index contributed by atoms with van der Waals surface area (Å²) in [6.07, 6.45) is 0.650. The zero-order chi connectivity index (χ0) is 12.8. The topological polar surface area (TPSA) is 93.3 Å². The van der Waals surface area contributed by atoms with Crippen LogP contribution in [0.25, 0.3) is 0 Å². The molecule has 0 amide bonds. The maximum absolute atomic E-state index is 8.81. The van der Waals surface area contributed by atoms with Crippen molar-refractivity contribution in [2.24, 2.45) is 5.84 Å². The Morgan fingerprint density at radius 3 is 2.78 bits per heavy atom. The lowest BCUT2D eigenvalue weighted by Crippen LogP contribution is -2.08. The molecule has 2 rings (SSSR count). The number of nitrogen functional groups attached to an aromatic ring is 1. The van der Waals surface area contributed by atoms with E-state index in [2.05, 4.69) is 15.0 Å². The summed E-state index contributed by atoms with van der Waals surface area (Å²) in [6.45, 7) is 0.464. The zero-order valence-electron chi connectivity index (χ0n) is 9.67. The summed E-state index contributed by atoms with van der Waals surface area (Å²) < 4.78 is 9.36. The van der Waals surface area contributed by atoms with Crippen LogP contribution in [0.5, 0.6) is 5.75 Å². The molecule has 2 aromatic rings. The van der Waals surface area contributed by atoms with Crippen molar-refractivity contribution in [3.05, 3.63) is 35.5 Å². The second-order valence-electron chi connectivity index (χ2n) is 3.60. The quantitative estimate of drug-likeness (QED) is 0.532. The van der Waals surface area contributed by atoms with Crippen molar-refractivity contribution in [2.45, 2.75) is 13.0 Å². The van der Waals surface area contributed by atoms with E-state index in [0.29, 0.717) is 23.7 Å². The molecule has 1 heterocycles. The number of benzene rings is 1. The lowest BCUT2D eigenvalue weighted by atomic mass is 10.1. The Morgan fingerprint density at radius 1 is 1.33 bits per heavy atom. The Kier molecular flexibility index (Phi) is 4.46. The fourth-order valence-electron chi connectivity index (χ4n) is 1.45. The summed E-state index contributed by atoms with van der Waals surface area (Å²) in [4.78, 5) is 0. The van der Waals surface area contributed by atoms with Gasteiger partial charge in [-0.15, -0.1) is 5.10 Å². The van der Waals surface area contributed by atoms with Crippen LogP contribution < -0.4 is 16.0 Å². The van der Waals surface area contributed by atoms with Crippen LogP contribution in [0.1, 0.15) is 11.3 Å². The fourth-order valence-corrected chi connectivity index (χ4v) is 1.92. The predicted molar refractivity (Wildman–Crippen MR) is 69.3 cm³/mol. The van der Waals surface area contributed by atoms with E-state index in [0.717, 1.165) is 11.3 Å². The number of aliphatic hydroxyl groups is 1. The maximum atomic E-state index is 8.81. The van der Waals surface area contributed by atoms with E-state index in [4.69, 9.17) is 15.7 Å². The maximum Gasteiger partial charge on any atom is 0.150 e. The van der Waals surface area contributed by atoms with Gasteiger partial charge >= 0.3 is 0 Å². The average molecular weight is 266 g/mol. The monoisotopic (exact) mass is 266 g/mol. The number of hydrogen-bond acceptors (Lipinski definition) is 7. The van der Waals surface area contributed by atoms with E-state index in [9.17, 15) is 0 Å². The molecule has 0 aliphatic heterocycles. The molecule has 6 nitrogen and oxygen atoms in total. The molecule has 0 unspecified atom stereocenters. The number of hydrogen-bond donors (Lipinski definition) is 3. The van der Waals surface area contributed by atoms with Crippen molar-refractivity contribution in [2.75, 3.05) is 12.0 Å². The molecule has 0 saturated heterocycles. The van der Waals surface area contributed by atoms with Crippen LogP contribution in [0, 0.1) is 0 Å². The van der Waals surface area contributed by atoms with Gasteiger partial charge in [0.15, 0.2) is 5.00 Å². The molecular weight excluding hydrogens is 252 g/mol. The van der Waals surface area contributed by atoms with Gasteiger partial charge in [-0.3, -0.25) is 0 Å². The van der Waals surface area contributed by atoms with Crippen LogP contribution in [0.3, 0.4) is 0 Å². The van der Waals surface area contributed by atoms with E-state index in [1.807, 2.05) is 24.3 Å². The number of nitrogens with two attached hydrogens (primary N) is 1. The lowest BCUT2D eigenvalue weighted by molar-refractivity contribution is 0.297. The molecule has 0 spiro atoms. The average Bonchev–Trinajstić information content (AvgIpc) is 2.86. The van der Waals surface area contributed by atoms with Gasteiger partial charge in [0.25, 0.3) is 0 Å². The summed E-state index contributed by atoms with van der Waals surface area (Å²) in [7, 11) is 0. The van der Waals surface area contributed by atoms with Gasteiger partial charge in [0.05, 0.1) is 0 Å². The second-order valence-corrected chi connectivity index (χ2v) is 4.35. The number of nitrogens with zero attached hydrogens (tertiary/aromatic N) is 2. The van der Waals surface area contributed by atoms with Crippen molar-refractivity contribution < 1.29 is 9.84 Å². The highest BCUT2D eigenvalue weighted by Crippen LogP contribution is 2.19. The first-order valence-electron chi connectivity index (χ1n) is 5.44. The minimum Gasteiger partial charge on any atom is -0.487 e. The van der Waals surface area contributed by atoms with Crippen LogP contribution in [0.2, 0.25) is 0 Å². The van der Waals surface area contributed by atoms with Crippen LogP contribution in [0.4, 0.5) is 5.00 Å². The predicted octanol–water partition coefficient (Wildman–Crippen LogP) is 0.938. The zero-order valence-corrected chi connectivity index (χ0v) is 10.5. The minimum atomic E-state index is 0.149. The van der Waals surface area contributed by atoms with Crippen molar-refractivity contribution >= 4 is 16.5 Å². The summed E-state index contributed by atoms with van der Waals surface area (Å²) >= 11 is 1.19. The molecule has 0 radical (unpaired) electrons. The van der Waals surface area contributed by atoms with E-state index in [1.54, 1.807) is 0 Å². The number of ether oxygens (including phenoxy) is 1. The van der Waals surface area contributed by atoms with Gasteiger partial charge in [-0.05, 0) is 24.1 Å². The number of nitrogens with one attached hydrogen (secondary N) is 1. The van der Waals surface area contributed by atoms with Crippen molar-refractivity contribution in [1.29, 1.82) is 0 Å². The van der Waals surface area contributed by atoms with Crippen molar-refractivity contribution in [1.82, 2.24) is 9.59 Å². The van der Waals surface area contributed by atoms with E-state index >= 15 is 0 Å². The Balaban J connectivity index is 1.94. The van der Waals surface area contributed by atoms with Gasteiger partial charge in [0.2, 0.25) is 0 Å². The van der Waals surface area contributed by atoms with Crippen molar-refractivity contribution in [3.63, 3.8) is 0 Å². The standard InChI is InChI=1S/C11H14N4O2S/c12-13-11-10(14-15-18-11)7-17-9-3-1-8(2-4-9)5-6-16/h1-4,13,16H,5-7,12H2. The van der Waals surface area contributed by atoms with Gasteiger partial charge in [-0.25, -0.2) is 5.84 Å². The fraction of sp³-hybridized carbons (Fsp3) is 0.273. The van der Waals surface area contributed by atoms with Gasteiger partial charge in [0, 0.05) is 18.1 Å². The van der Waals surface area contributed by atoms with E-state index in [-0.39, 0.29) is 6.61 Å². The highest BCUT2D eigenvalue weighted by molar-refractivity contribution is 7.10. The first-order valence-corrected chi connectivity index (χ1v) is 6.21. The number of anilines is 1. The van der Waals surface area contributed by atoms with Crippen LogP contribution >= 0.6 is 11.5 Å². The minimum absolute atomic E-state index is 0.149. The van der Waals surface area contributed by atoms with Crippen LogP contribution in [-0.2, 0) is 13.0 Å². The van der Waals surface area contributed by atoms with Gasteiger partial charge in [-0.1, -0.05) is 16.6 Å². The Morgan fingerprint density at radius 2 is 2.11 bits per heavy atom. The molecule has 0 saturated carbocycles. The van der Waals surface area contributed by atoms with Gasteiger partial charge < -0.3 is 15.3 Å². The molecule has 7 heteroatoms. The van der Waals surface area contributed by atoms with E-state index < -0.39 is 0 Å². The lowest BCUT2D eigenvalue weighted by Gasteiger charge is -2.06. The Labute approximate surface area is 109 Å².